The molecule has 1 unspecified atom stereocenters. The third kappa shape index (κ3) is 8.42. The van der Waals surface area contributed by atoms with Crippen molar-refractivity contribution in [2.75, 3.05) is 10.6 Å². The number of carbonyl (C=O) groups is 4. The molecule has 0 saturated heterocycles. The van der Waals surface area contributed by atoms with Crippen molar-refractivity contribution in [2.24, 2.45) is 0 Å². The maximum atomic E-state index is 13.2. The molecule has 3 amide bonds. The first-order chi connectivity index (χ1) is 19.8. The van der Waals surface area contributed by atoms with Gasteiger partial charge in [0.2, 0.25) is 5.91 Å². The van der Waals surface area contributed by atoms with Crippen LogP contribution in [0.4, 0.5) is 11.4 Å². The molecule has 4 aromatic rings. The summed E-state index contributed by atoms with van der Waals surface area (Å²) >= 11 is 1.33. The zero-order valence-electron chi connectivity index (χ0n) is 22.0. The molecule has 4 rings (SSSR count). The number of anilines is 2. The minimum absolute atomic E-state index is 0.0881. The summed E-state index contributed by atoms with van der Waals surface area (Å²) in [6.45, 7) is 1.76. The van der Waals surface area contributed by atoms with Crippen molar-refractivity contribution < 1.29 is 24.3 Å². The van der Waals surface area contributed by atoms with E-state index in [-0.39, 0.29) is 17.2 Å². The van der Waals surface area contributed by atoms with Gasteiger partial charge >= 0.3 is 5.97 Å². The van der Waals surface area contributed by atoms with Crippen molar-refractivity contribution in [2.45, 2.75) is 17.1 Å². The number of aromatic carboxylic acids is 1. The molecule has 4 aromatic carbocycles. The van der Waals surface area contributed by atoms with Crippen molar-refractivity contribution in [1.82, 2.24) is 5.32 Å². The number of hydrogen-bond acceptors (Lipinski definition) is 5. The molecule has 0 heterocycles. The van der Waals surface area contributed by atoms with Crippen LogP contribution < -0.4 is 16.0 Å². The quantitative estimate of drug-likeness (QED) is 0.140. The fourth-order valence-corrected chi connectivity index (χ4v) is 4.54. The Bertz CT molecular complexity index is 1550. The number of carbonyl (C=O) groups excluding carboxylic acids is 3. The van der Waals surface area contributed by atoms with Crippen molar-refractivity contribution in [3.8, 4) is 0 Å². The van der Waals surface area contributed by atoms with Gasteiger partial charge in [-0.2, -0.15) is 0 Å². The summed E-state index contributed by atoms with van der Waals surface area (Å²) in [5, 5.41) is 16.9. The molecule has 0 radical (unpaired) electrons. The van der Waals surface area contributed by atoms with E-state index in [2.05, 4.69) is 16.0 Å². The molecule has 1 atom stereocenters. The minimum Gasteiger partial charge on any atom is -0.478 e. The lowest BCUT2D eigenvalue weighted by Gasteiger charge is -2.14. The molecule has 0 aliphatic heterocycles. The molecule has 0 saturated carbocycles. The van der Waals surface area contributed by atoms with Crippen molar-refractivity contribution in [3.63, 3.8) is 0 Å². The molecule has 0 spiro atoms. The third-order valence-electron chi connectivity index (χ3n) is 5.83. The number of thioether (sulfide) groups is 1. The Morgan fingerprint density at radius 2 is 1.27 bits per heavy atom. The van der Waals surface area contributed by atoms with E-state index >= 15 is 0 Å². The Morgan fingerprint density at radius 1 is 0.707 bits per heavy atom. The highest BCUT2D eigenvalue weighted by atomic mass is 32.2. The second-order valence-corrected chi connectivity index (χ2v) is 10.3. The van der Waals surface area contributed by atoms with Crippen molar-refractivity contribution in [1.29, 1.82) is 0 Å². The average Bonchev–Trinajstić information content (AvgIpc) is 2.99. The Morgan fingerprint density at radius 3 is 1.88 bits per heavy atom. The normalized spacial score (nSPS) is 11.7. The zero-order chi connectivity index (χ0) is 29.2. The van der Waals surface area contributed by atoms with E-state index in [1.165, 1.54) is 23.9 Å². The van der Waals surface area contributed by atoms with Crippen LogP contribution in [-0.4, -0.2) is 34.0 Å². The summed E-state index contributed by atoms with van der Waals surface area (Å²) < 4.78 is 0. The van der Waals surface area contributed by atoms with Gasteiger partial charge in [-0.15, -0.1) is 11.8 Å². The van der Waals surface area contributed by atoms with Crippen molar-refractivity contribution in [3.05, 3.63) is 132 Å². The monoisotopic (exact) mass is 565 g/mol. The number of carboxylic acids is 1. The van der Waals surface area contributed by atoms with Crippen LogP contribution in [0.2, 0.25) is 0 Å². The zero-order valence-corrected chi connectivity index (χ0v) is 22.9. The Kier molecular flexibility index (Phi) is 9.69. The summed E-state index contributed by atoms with van der Waals surface area (Å²) in [5.74, 6) is -2.16. The molecule has 0 aromatic heterocycles. The number of nitrogens with one attached hydrogen (secondary N) is 3. The highest BCUT2D eigenvalue weighted by molar-refractivity contribution is 8.00. The maximum absolute atomic E-state index is 13.2. The molecular formula is C32H27N3O5S. The van der Waals surface area contributed by atoms with Gasteiger partial charge in [-0.25, -0.2) is 4.79 Å². The van der Waals surface area contributed by atoms with E-state index in [0.717, 1.165) is 10.5 Å². The first kappa shape index (κ1) is 28.8. The van der Waals surface area contributed by atoms with Crippen LogP contribution in [0.1, 0.15) is 33.2 Å². The van der Waals surface area contributed by atoms with E-state index in [1.807, 2.05) is 30.3 Å². The lowest BCUT2D eigenvalue weighted by atomic mass is 10.1. The van der Waals surface area contributed by atoms with Gasteiger partial charge in [-0.05, 0) is 79.2 Å². The van der Waals surface area contributed by atoms with Crippen LogP contribution in [0.5, 0.6) is 0 Å². The number of hydrogen-bond donors (Lipinski definition) is 4. The van der Waals surface area contributed by atoms with Gasteiger partial charge in [0, 0.05) is 21.8 Å². The average molecular weight is 566 g/mol. The summed E-state index contributed by atoms with van der Waals surface area (Å²) in [6, 6.07) is 30.8. The van der Waals surface area contributed by atoms with Gasteiger partial charge in [0.25, 0.3) is 11.8 Å². The standard InChI is InChI=1S/C32H27N3O5S/c1-21(29(36)33-25-14-12-24(13-15-25)32(39)40)41-27-18-16-26(17-19-27)34-31(38)28(20-22-8-4-2-5-9-22)35-30(37)23-10-6-3-7-11-23/h2-21H,1H3,(H,33,36)(H,34,38)(H,35,37)(H,39,40)/b28-20-. The second-order valence-electron chi connectivity index (χ2n) is 8.90. The summed E-state index contributed by atoms with van der Waals surface area (Å²) in [5.41, 5.74) is 2.43. The summed E-state index contributed by atoms with van der Waals surface area (Å²) in [7, 11) is 0. The molecule has 9 heteroatoms. The number of carboxylic acid groups (broad SMARTS) is 1. The molecule has 0 fully saturated rings. The lowest BCUT2D eigenvalue weighted by Crippen LogP contribution is -2.30. The second kappa shape index (κ2) is 13.8. The largest absolute Gasteiger partial charge is 0.478 e. The van der Waals surface area contributed by atoms with Gasteiger partial charge in [-0.1, -0.05) is 48.5 Å². The Hall–Kier alpha value is -5.15. The fourth-order valence-electron chi connectivity index (χ4n) is 3.67. The third-order valence-corrected chi connectivity index (χ3v) is 6.94. The smallest absolute Gasteiger partial charge is 0.335 e. The molecular weight excluding hydrogens is 538 g/mol. The molecule has 0 bridgehead atoms. The summed E-state index contributed by atoms with van der Waals surface area (Å²) in [4.78, 5) is 50.4. The predicted molar refractivity (Wildman–Crippen MR) is 161 cm³/mol. The molecule has 4 N–H and O–H groups in total. The maximum Gasteiger partial charge on any atom is 0.335 e. The van der Waals surface area contributed by atoms with Gasteiger partial charge in [0.05, 0.1) is 10.8 Å². The topological polar surface area (TPSA) is 125 Å². The van der Waals surface area contributed by atoms with E-state index in [9.17, 15) is 19.2 Å². The van der Waals surface area contributed by atoms with Crippen molar-refractivity contribution >= 4 is 52.9 Å². The van der Waals surface area contributed by atoms with Crippen LogP contribution >= 0.6 is 11.8 Å². The van der Waals surface area contributed by atoms with Gasteiger partial charge in [0.15, 0.2) is 0 Å². The lowest BCUT2D eigenvalue weighted by molar-refractivity contribution is -0.115. The van der Waals surface area contributed by atoms with Gasteiger partial charge < -0.3 is 21.1 Å². The molecule has 41 heavy (non-hydrogen) atoms. The first-order valence-electron chi connectivity index (χ1n) is 12.6. The highest BCUT2D eigenvalue weighted by Crippen LogP contribution is 2.26. The molecule has 8 nitrogen and oxygen atoms in total. The van der Waals surface area contributed by atoms with E-state index in [1.54, 1.807) is 79.7 Å². The Labute approximate surface area is 241 Å². The number of benzene rings is 4. The molecule has 206 valence electrons. The fraction of sp³-hybridized carbons (Fsp3) is 0.0625. The molecule has 0 aliphatic carbocycles. The van der Waals surface area contributed by atoms with E-state index in [0.29, 0.717) is 16.9 Å². The number of amides is 3. The van der Waals surface area contributed by atoms with E-state index < -0.39 is 23.0 Å². The van der Waals surface area contributed by atoms with Crippen LogP contribution in [0.3, 0.4) is 0 Å². The number of rotatable bonds is 10. The first-order valence-corrected chi connectivity index (χ1v) is 13.5. The van der Waals surface area contributed by atoms with Crippen LogP contribution in [0.25, 0.3) is 6.08 Å². The van der Waals surface area contributed by atoms with Gasteiger partial charge in [0.1, 0.15) is 5.70 Å². The highest BCUT2D eigenvalue weighted by Gasteiger charge is 2.17. The van der Waals surface area contributed by atoms with Crippen LogP contribution in [0, 0.1) is 0 Å². The SMILES string of the molecule is CC(Sc1ccc(NC(=O)/C(=C/c2ccccc2)NC(=O)c2ccccc2)cc1)C(=O)Nc1ccc(C(=O)O)cc1. The van der Waals surface area contributed by atoms with Gasteiger partial charge in [-0.3, -0.25) is 14.4 Å². The summed E-state index contributed by atoms with van der Waals surface area (Å²) in [6.07, 6.45) is 1.61. The van der Waals surface area contributed by atoms with E-state index in [4.69, 9.17) is 5.11 Å². The Balaban J connectivity index is 1.39. The predicted octanol–water partition coefficient (Wildman–Crippen LogP) is 5.91. The minimum atomic E-state index is -1.04. The molecule has 0 aliphatic rings. The van der Waals surface area contributed by atoms with Crippen LogP contribution in [-0.2, 0) is 9.59 Å². The van der Waals surface area contributed by atoms with Crippen LogP contribution in [0.15, 0.2) is 120 Å².